The van der Waals surface area contributed by atoms with Gasteiger partial charge in [0.25, 0.3) is 5.91 Å². The van der Waals surface area contributed by atoms with E-state index in [1.54, 1.807) is 6.07 Å². The summed E-state index contributed by atoms with van der Waals surface area (Å²) in [6, 6.07) is 6.17. The summed E-state index contributed by atoms with van der Waals surface area (Å²) in [7, 11) is -3.75. The molecule has 0 spiro atoms. The van der Waals surface area contributed by atoms with Gasteiger partial charge in [0.05, 0.1) is 29.4 Å². The van der Waals surface area contributed by atoms with E-state index in [0.29, 0.717) is 43.1 Å². The summed E-state index contributed by atoms with van der Waals surface area (Å²) in [6.45, 7) is 2.88. The fraction of sp³-hybridized carbons (Fsp3) is 0.435. The van der Waals surface area contributed by atoms with Gasteiger partial charge in [-0.1, -0.05) is 0 Å². The molecule has 1 fully saturated rings. The number of nitrogens with zero attached hydrogens (tertiary/aromatic N) is 2. The van der Waals surface area contributed by atoms with Gasteiger partial charge in [0, 0.05) is 32.4 Å². The fourth-order valence-corrected chi connectivity index (χ4v) is 4.68. The molecule has 7 nitrogen and oxygen atoms in total. The number of carbonyl (C=O) groups is 1. The third kappa shape index (κ3) is 5.37. The molecule has 0 radical (unpaired) electrons. The lowest BCUT2D eigenvalue weighted by Gasteiger charge is -2.29. The quantitative estimate of drug-likeness (QED) is 0.566. The highest BCUT2D eigenvalue weighted by molar-refractivity contribution is 7.90. The van der Waals surface area contributed by atoms with Crippen LogP contribution in [0.15, 0.2) is 35.2 Å². The summed E-state index contributed by atoms with van der Waals surface area (Å²) < 4.78 is 88.4. The van der Waals surface area contributed by atoms with E-state index in [-0.39, 0.29) is 29.3 Å². The number of alkyl halides is 3. The number of halogens is 4. The number of fused-ring (bicyclic) bond motifs is 1. The summed E-state index contributed by atoms with van der Waals surface area (Å²) >= 11 is 0. The number of morpholine rings is 1. The first-order valence-electron chi connectivity index (χ1n) is 10.9. The first kappa shape index (κ1) is 25.2. The molecule has 1 saturated heterocycles. The van der Waals surface area contributed by atoms with E-state index in [4.69, 9.17) is 9.47 Å². The van der Waals surface area contributed by atoms with E-state index in [9.17, 15) is 30.8 Å². The molecule has 35 heavy (non-hydrogen) atoms. The Hall–Kier alpha value is -2.86. The minimum absolute atomic E-state index is 0.0197. The Kier molecular flexibility index (Phi) is 6.71. The number of sulfone groups is 1. The topological polar surface area (TPSA) is 76.2 Å². The second-order valence-corrected chi connectivity index (χ2v) is 10.6. The van der Waals surface area contributed by atoms with Crippen LogP contribution in [0.25, 0.3) is 0 Å². The summed E-state index contributed by atoms with van der Waals surface area (Å²) in [4.78, 5) is 16.3. The first-order chi connectivity index (χ1) is 16.3. The van der Waals surface area contributed by atoms with E-state index in [1.165, 1.54) is 11.0 Å². The zero-order valence-electron chi connectivity index (χ0n) is 19.1. The molecule has 1 atom stereocenters. The Labute approximate surface area is 200 Å². The minimum Gasteiger partial charge on any atom is -0.480 e. The van der Waals surface area contributed by atoms with Crippen LogP contribution in [-0.2, 0) is 27.7 Å². The van der Waals surface area contributed by atoms with Gasteiger partial charge in [0.1, 0.15) is 11.6 Å². The van der Waals surface area contributed by atoms with Gasteiger partial charge in [-0.2, -0.15) is 13.2 Å². The van der Waals surface area contributed by atoms with E-state index in [0.717, 1.165) is 31.4 Å². The van der Waals surface area contributed by atoms with Gasteiger partial charge in [-0.3, -0.25) is 4.79 Å². The fourth-order valence-electron chi connectivity index (χ4n) is 4.04. The van der Waals surface area contributed by atoms with Gasteiger partial charge < -0.3 is 19.3 Å². The van der Waals surface area contributed by atoms with Gasteiger partial charge in [0.2, 0.25) is 0 Å². The van der Waals surface area contributed by atoms with Crippen molar-refractivity contribution in [1.82, 2.24) is 4.90 Å². The number of carbonyl (C=O) groups excluding carboxylic acids is 1. The number of amides is 1. The average Bonchev–Trinajstić information content (AvgIpc) is 3.20. The third-order valence-corrected chi connectivity index (χ3v) is 7.11. The van der Waals surface area contributed by atoms with Crippen molar-refractivity contribution in [3.8, 4) is 5.75 Å². The Morgan fingerprint density at radius 1 is 1.09 bits per heavy atom. The molecule has 1 amide bonds. The Balaban J connectivity index is 1.64. The van der Waals surface area contributed by atoms with Crippen LogP contribution in [0.2, 0.25) is 0 Å². The molecule has 0 N–H and O–H groups in total. The van der Waals surface area contributed by atoms with Crippen molar-refractivity contribution >= 4 is 21.4 Å². The molecule has 2 aromatic rings. The molecule has 2 aromatic carbocycles. The number of rotatable bonds is 5. The maximum atomic E-state index is 14.8. The molecule has 190 valence electrons. The maximum Gasteiger partial charge on any atom is 0.425 e. The largest absolute Gasteiger partial charge is 0.480 e. The zero-order valence-corrected chi connectivity index (χ0v) is 19.9. The van der Waals surface area contributed by atoms with Crippen LogP contribution in [0.5, 0.6) is 5.75 Å². The minimum atomic E-state index is -4.69. The molecule has 4 rings (SSSR count). The van der Waals surface area contributed by atoms with Gasteiger partial charge in [0.15, 0.2) is 15.9 Å². The van der Waals surface area contributed by atoms with Gasteiger partial charge in [-0.05, 0) is 48.4 Å². The highest BCUT2D eigenvalue weighted by Crippen LogP contribution is 2.34. The summed E-state index contributed by atoms with van der Waals surface area (Å²) in [5.74, 6) is -1.55. The van der Waals surface area contributed by atoms with Gasteiger partial charge in [-0.15, -0.1) is 0 Å². The number of benzene rings is 2. The van der Waals surface area contributed by atoms with Crippen molar-refractivity contribution in [2.24, 2.45) is 0 Å². The van der Waals surface area contributed by atoms with Crippen LogP contribution in [0.4, 0.5) is 23.2 Å². The Bertz CT molecular complexity index is 1240. The van der Waals surface area contributed by atoms with E-state index < -0.39 is 33.8 Å². The van der Waals surface area contributed by atoms with E-state index in [2.05, 4.69) is 0 Å². The molecule has 0 unspecified atom stereocenters. The van der Waals surface area contributed by atoms with Gasteiger partial charge >= 0.3 is 6.18 Å². The smallest absolute Gasteiger partial charge is 0.425 e. The molecular weight excluding hydrogens is 492 g/mol. The molecule has 2 heterocycles. The Morgan fingerprint density at radius 2 is 1.71 bits per heavy atom. The van der Waals surface area contributed by atoms with E-state index in [1.807, 2.05) is 4.90 Å². The Morgan fingerprint density at radius 3 is 2.31 bits per heavy atom. The SMILES string of the molecule is C[C@H](Oc1ccc(S(C)(=O)=O)cc1C(=O)N1Cc2cc(F)c(N3CCOCC3)cc2C1)C(F)(F)F. The lowest BCUT2D eigenvalue weighted by molar-refractivity contribution is -0.189. The molecule has 0 bridgehead atoms. The monoisotopic (exact) mass is 516 g/mol. The van der Waals surface area contributed by atoms with E-state index >= 15 is 0 Å². The van der Waals surface area contributed by atoms with Crippen LogP contribution in [0.3, 0.4) is 0 Å². The number of hydrogen-bond acceptors (Lipinski definition) is 6. The van der Waals surface area contributed by atoms with Crippen LogP contribution >= 0.6 is 0 Å². The summed E-state index contributed by atoms with van der Waals surface area (Å²) in [6.07, 6.45) is -5.98. The number of hydrogen-bond donors (Lipinski definition) is 0. The standard InChI is InChI=1S/C23H24F4N2O5S/c1-14(23(25,26)27)34-21-4-3-17(35(2,31)32)11-18(21)22(30)29-12-15-9-19(24)20(10-16(15)13-29)28-5-7-33-8-6-28/h3-4,9-11,14H,5-8,12-13H2,1-2H3/t14-/m0/s1. The molecule has 2 aliphatic rings. The molecule has 0 saturated carbocycles. The van der Waals surface area contributed by atoms with Crippen molar-refractivity contribution in [2.45, 2.75) is 37.2 Å². The predicted octanol–water partition coefficient (Wildman–Crippen LogP) is 3.55. The molecule has 0 aromatic heterocycles. The van der Waals surface area contributed by atoms with Crippen LogP contribution in [0, 0.1) is 5.82 Å². The van der Waals surface area contributed by atoms with Crippen LogP contribution in [-0.4, -0.2) is 64.1 Å². The number of ether oxygens (including phenoxy) is 2. The van der Waals surface area contributed by atoms with Crippen molar-refractivity contribution in [1.29, 1.82) is 0 Å². The molecule has 2 aliphatic heterocycles. The number of anilines is 1. The third-order valence-electron chi connectivity index (χ3n) is 6.00. The highest BCUT2D eigenvalue weighted by Gasteiger charge is 2.39. The van der Waals surface area contributed by atoms with Crippen LogP contribution in [0.1, 0.15) is 28.4 Å². The second kappa shape index (κ2) is 9.30. The lowest BCUT2D eigenvalue weighted by atomic mass is 10.1. The molecular formula is C23H24F4N2O5S. The van der Waals surface area contributed by atoms with Crippen molar-refractivity contribution < 1.29 is 40.2 Å². The van der Waals surface area contributed by atoms with Crippen molar-refractivity contribution in [3.05, 3.63) is 52.8 Å². The summed E-state index contributed by atoms with van der Waals surface area (Å²) in [5, 5.41) is 0. The zero-order chi connectivity index (χ0) is 25.5. The average molecular weight is 517 g/mol. The van der Waals surface area contributed by atoms with Crippen molar-refractivity contribution in [3.63, 3.8) is 0 Å². The normalized spacial score (nSPS) is 17.3. The summed E-state index contributed by atoms with van der Waals surface area (Å²) in [5.41, 5.74) is 1.35. The van der Waals surface area contributed by atoms with Crippen molar-refractivity contribution in [2.75, 3.05) is 37.5 Å². The van der Waals surface area contributed by atoms with Crippen LogP contribution < -0.4 is 9.64 Å². The first-order valence-corrected chi connectivity index (χ1v) is 12.7. The maximum absolute atomic E-state index is 14.8. The predicted molar refractivity (Wildman–Crippen MR) is 119 cm³/mol. The second-order valence-electron chi connectivity index (χ2n) is 8.56. The van der Waals surface area contributed by atoms with Gasteiger partial charge in [-0.25, -0.2) is 12.8 Å². The lowest BCUT2D eigenvalue weighted by Crippen LogP contribution is -2.36. The highest BCUT2D eigenvalue weighted by atomic mass is 32.2. The molecule has 0 aliphatic carbocycles. The molecule has 12 heteroatoms.